The molecule has 0 radical (unpaired) electrons. The Hall–Kier alpha value is -3.50. The molecule has 0 aliphatic rings. The second-order valence-electron chi connectivity index (χ2n) is 8.19. The second-order valence-corrected chi connectivity index (χ2v) is 9.33. The van der Waals surface area contributed by atoms with E-state index in [4.69, 9.17) is 10.7 Å². The van der Waals surface area contributed by atoms with Crippen LogP contribution in [0.3, 0.4) is 0 Å². The normalized spacial score (nSPS) is 11.5. The van der Waals surface area contributed by atoms with Crippen LogP contribution in [0.4, 0.5) is 5.69 Å². The van der Waals surface area contributed by atoms with Crippen LogP contribution in [0.1, 0.15) is 36.5 Å². The number of rotatable bonds is 9. The van der Waals surface area contributed by atoms with E-state index >= 15 is 0 Å². The molecule has 4 aromatic rings. The van der Waals surface area contributed by atoms with Gasteiger partial charge in [-0.2, -0.15) is 0 Å². The number of aliphatic imine (C=N–C) groups is 1. The molecule has 3 nitrogen and oxygen atoms in total. The predicted octanol–water partition coefficient (Wildman–Crippen LogP) is 7.52. The lowest BCUT2D eigenvalue weighted by atomic mass is 10.0. The van der Waals surface area contributed by atoms with Gasteiger partial charge in [0.15, 0.2) is 0 Å². The minimum atomic E-state index is 0.540. The van der Waals surface area contributed by atoms with Gasteiger partial charge in [-0.3, -0.25) is 4.99 Å². The summed E-state index contributed by atoms with van der Waals surface area (Å²) >= 11 is 1.87. The van der Waals surface area contributed by atoms with Gasteiger partial charge in [0, 0.05) is 27.4 Å². The Kier molecular flexibility index (Phi) is 8.05. The van der Waals surface area contributed by atoms with Crippen molar-refractivity contribution >= 4 is 39.8 Å². The first-order valence-corrected chi connectivity index (χ1v) is 12.7. The lowest BCUT2D eigenvalue weighted by Gasteiger charge is -2.17. The molecule has 0 fully saturated rings. The topological polar surface area (TPSA) is 50.4 Å². The van der Waals surface area contributed by atoms with Gasteiger partial charge in [0.1, 0.15) is 5.84 Å². The van der Waals surface area contributed by atoms with Gasteiger partial charge in [0.05, 0.1) is 6.54 Å². The van der Waals surface area contributed by atoms with Gasteiger partial charge in [-0.05, 0) is 46.7 Å². The first-order valence-electron chi connectivity index (χ1n) is 11.7. The Balaban J connectivity index is 1.65. The van der Waals surface area contributed by atoms with Crippen molar-refractivity contribution in [2.24, 2.45) is 4.99 Å². The van der Waals surface area contributed by atoms with E-state index in [0.717, 1.165) is 28.4 Å². The van der Waals surface area contributed by atoms with Crippen molar-refractivity contribution in [3.05, 3.63) is 114 Å². The molecule has 0 saturated carbocycles. The highest BCUT2D eigenvalue weighted by Gasteiger charge is 2.12. The molecule has 0 atom stereocenters. The third-order valence-corrected chi connectivity index (χ3v) is 6.90. The van der Waals surface area contributed by atoms with Crippen LogP contribution in [0.2, 0.25) is 0 Å². The van der Waals surface area contributed by atoms with E-state index in [-0.39, 0.29) is 0 Å². The monoisotopic (exact) mass is 465 g/mol. The molecule has 0 spiro atoms. The minimum absolute atomic E-state index is 0.540. The van der Waals surface area contributed by atoms with E-state index in [9.17, 15) is 0 Å². The molecule has 0 unspecified atom stereocenters. The number of unbranched alkanes of at least 4 members (excludes halogenated alkanes) is 1. The average molecular weight is 466 g/mol. The number of amidine groups is 1. The molecule has 34 heavy (non-hydrogen) atoms. The van der Waals surface area contributed by atoms with Gasteiger partial charge in [0.2, 0.25) is 0 Å². The van der Waals surface area contributed by atoms with Crippen molar-refractivity contribution in [2.75, 3.05) is 11.5 Å². The summed E-state index contributed by atoms with van der Waals surface area (Å²) in [7, 11) is 0. The predicted molar refractivity (Wildman–Crippen MR) is 149 cm³/mol. The van der Waals surface area contributed by atoms with Crippen LogP contribution in [0.15, 0.2) is 107 Å². The zero-order valence-corrected chi connectivity index (χ0v) is 20.4. The third kappa shape index (κ3) is 5.70. The summed E-state index contributed by atoms with van der Waals surface area (Å²) in [6.45, 7) is 7.13. The SMILES string of the molecule is C=C(NC(=NCc1cccc2ccccc12)c1ccccc1N)c1ccccc1SCCCC. The van der Waals surface area contributed by atoms with Gasteiger partial charge < -0.3 is 11.1 Å². The number of para-hydroxylation sites is 1. The van der Waals surface area contributed by atoms with E-state index in [2.05, 4.69) is 85.5 Å². The standard InChI is InChI=1S/C30H31N3S/c1-3-4-20-34-29-19-10-8-15-25(29)22(2)33-30(27-17-7-9-18-28(27)31)32-21-24-14-11-13-23-12-5-6-16-26(23)24/h5-19H,2-4,20-21,31H2,1H3,(H,32,33). The fourth-order valence-electron chi connectivity index (χ4n) is 3.88. The maximum Gasteiger partial charge on any atom is 0.135 e. The zero-order chi connectivity index (χ0) is 23.8. The summed E-state index contributed by atoms with van der Waals surface area (Å²) in [5.41, 5.74) is 11.0. The number of nitrogens with one attached hydrogen (secondary N) is 1. The van der Waals surface area contributed by atoms with E-state index < -0.39 is 0 Å². The van der Waals surface area contributed by atoms with Crippen LogP contribution in [-0.4, -0.2) is 11.6 Å². The Morgan fingerprint density at radius 3 is 2.41 bits per heavy atom. The molecule has 0 aliphatic carbocycles. The molecule has 4 aromatic carbocycles. The second kappa shape index (κ2) is 11.6. The van der Waals surface area contributed by atoms with E-state index in [1.165, 1.54) is 34.1 Å². The number of hydrogen-bond donors (Lipinski definition) is 2. The van der Waals surface area contributed by atoms with Crippen molar-refractivity contribution in [3.8, 4) is 0 Å². The molecule has 0 bridgehead atoms. The van der Waals surface area contributed by atoms with Gasteiger partial charge in [-0.1, -0.05) is 92.7 Å². The molecule has 0 aliphatic heterocycles. The smallest absolute Gasteiger partial charge is 0.135 e. The van der Waals surface area contributed by atoms with E-state index in [0.29, 0.717) is 12.2 Å². The van der Waals surface area contributed by atoms with Crippen LogP contribution in [-0.2, 0) is 6.54 Å². The summed E-state index contributed by atoms with van der Waals surface area (Å²) < 4.78 is 0. The Morgan fingerprint density at radius 2 is 1.59 bits per heavy atom. The third-order valence-electron chi connectivity index (χ3n) is 5.74. The largest absolute Gasteiger partial charge is 0.398 e. The van der Waals surface area contributed by atoms with Crippen LogP contribution >= 0.6 is 11.8 Å². The molecule has 4 heteroatoms. The van der Waals surface area contributed by atoms with Gasteiger partial charge >= 0.3 is 0 Å². The first kappa shape index (κ1) is 23.7. The average Bonchev–Trinajstić information content (AvgIpc) is 2.87. The number of nitrogen functional groups attached to an aromatic ring is 1. The van der Waals surface area contributed by atoms with Crippen LogP contribution in [0.25, 0.3) is 16.5 Å². The van der Waals surface area contributed by atoms with Gasteiger partial charge in [0.25, 0.3) is 0 Å². The number of benzene rings is 4. The highest BCUT2D eigenvalue weighted by Crippen LogP contribution is 2.28. The van der Waals surface area contributed by atoms with Crippen molar-refractivity contribution < 1.29 is 0 Å². The quantitative estimate of drug-likeness (QED) is 0.0883. The first-order chi connectivity index (χ1) is 16.7. The number of fused-ring (bicyclic) bond motifs is 1. The van der Waals surface area contributed by atoms with Crippen molar-refractivity contribution in [3.63, 3.8) is 0 Å². The van der Waals surface area contributed by atoms with Crippen molar-refractivity contribution in [1.82, 2.24) is 5.32 Å². The fraction of sp³-hybridized carbons (Fsp3) is 0.167. The minimum Gasteiger partial charge on any atom is -0.398 e. The molecular weight excluding hydrogens is 434 g/mol. The molecule has 0 aromatic heterocycles. The van der Waals surface area contributed by atoms with Crippen molar-refractivity contribution in [2.45, 2.75) is 31.2 Å². The molecular formula is C30H31N3S. The highest BCUT2D eigenvalue weighted by molar-refractivity contribution is 7.99. The molecule has 0 saturated heterocycles. The van der Waals surface area contributed by atoms with Crippen LogP contribution < -0.4 is 11.1 Å². The van der Waals surface area contributed by atoms with Crippen LogP contribution in [0.5, 0.6) is 0 Å². The summed E-state index contributed by atoms with van der Waals surface area (Å²) in [5, 5.41) is 5.93. The van der Waals surface area contributed by atoms with Crippen molar-refractivity contribution in [1.29, 1.82) is 0 Å². The zero-order valence-electron chi connectivity index (χ0n) is 19.6. The number of hydrogen-bond acceptors (Lipinski definition) is 3. The molecule has 0 amide bonds. The lowest BCUT2D eigenvalue weighted by molar-refractivity contribution is 0.896. The Labute approximate surface area is 206 Å². The Bertz CT molecular complexity index is 1300. The van der Waals surface area contributed by atoms with E-state index in [1.807, 2.05) is 36.0 Å². The van der Waals surface area contributed by atoms with E-state index in [1.54, 1.807) is 0 Å². The molecule has 3 N–H and O–H groups in total. The molecule has 4 rings (SSSR count). The number of anilines is 1. The number of nitrogens with zero attached hydrogens (tertiary/aromatic N) is 1. The highest BCUT2D eigenvalue weighted by atomic mass is 32.2. The summed E-state index contributed by atoms with van der Waals surface area (Å²) in [6.07, 6.45) is 2.38. The summed E-state index contributed by atoms with van der Waals surface area (Å²) in [4.78, 5) is 6.23. The van der Waals surface area contributed by atoms with Gasteiger partial charge in [-0.25, -0.2) is 0 Å². The molecule has 0 heterocycles. The summed E-state index contributed by atoms with van der Waals surface area (Å²) in [6, 6.07) is 31.0. The summed E-state index contributed by atoms with van der Waals surface area (Å²) in [5.74, 6) is 1.82. The lowest BCUT2D eigenvalue weighted by Crippen LogP contribution is -2.24. The van der Waals surface area contributed by atoms with Gasteiger partial charge in [-0.15, -0.1) is 11.8 Å². The fourth-order valence-corrected chi connectivity index (χ4v) is 5.05. The van der Waals surface area contributed by atoms with Crippen LogP contribution in [0, 0.1) is 0 Å². The molecule has 172 valence electrons. The Morgan fingerprint density at radius 1 is 0.882 bits per heavy atom. The maximum absolute atomic E-state index is 6.35. The number of thioether (sulfide) groups is 1. The maximum atomic E-state index is 6.35. The number of nitrogens with two attached hydrogens (primary N) is 1.